The summed E-state index contributed by atoms with van der Waals surface area (Å²) in [5.41, 5.74) is 10.3. The van der Waals surface area contributed by atoms with Crippen LogP contribution < -0.4 is 11.4 Å². The number of nitrogens with two attached hydrogens (primary N) is 1. The molecule has 0 radical (unpaired) electrons. The summed E-state index contributed by atoms with van der Waals surface area (Å²) in [7, 11) is 0. The van der Waals surface area contributed by atoms with E-state index in [-0.39, 0.29) is 35.1 Å². The predicted octanol–water partition coefficient (Wildman–Crippen LogP) is 5.20. The maximum atomic E-state index is 12.8. The number of H-pyrrole nitrogens is 1. The van der Waals surface area contributed by atoms with Gasteiger partial charge in [-0.2, -0.15) is 5.10 Å². The van der Waals surface area contributed by atoms with Crippen LogP contribution in [0.1, 0.15) is 74.1 Å². The average Bonchev–Trinajstić information content (AvgIpc) is 3.35. The maximum Gasteiger partial charge on any atom is 0.348 e. The number of phenols is 2. The fourth-order valence-electron chi connectivity index (χ4n) is 6.09. The van der Waals surface area contributed by atoms with Gasteiger partial charge in [0, 0.05) is 19.0 Å². The summed E-state index contributed by atoms with van der Waals surface area (Å²) in [5, 5.41) is 27.5. The van der Waals surface area contributed by atoms with Crippen molar-refractivity contribution in [2.75, 3.05) is 13.1 Å². The number of amides is 1. The number of benzene rings is 3. The molecule has 1 saturated heterocycles. The van der Waals surface area contributed by atoms with E-state index in [4.69, 9.17) is 5.73 Å². The van der Waals surface area contributed by atoms with E-state index in [9.17, 15) is 19.8 Å². The molecule has 1 aliphatic rings. The number of nitrogens with zero attached hydrogens (tertiary/aromatic N) is 3. The highest BCUT2D eigenvalue weighted by atomic mass is 16.3. The second-order valence-electron chi connectivity index (χ2n) is 12.2. The van der Waals surface area contributed by atoms with Crippen molar-refractivity contribution in [1.29, 1.82) is 0 Å². The molecule has 2 heterocycles. The molecule has 9 nitrogen and oxygen atoms in total. The Kier molecular flexibility index (Phi) is 9.01. The van der Waals surface area contributed by atoms with Crippen molar-refractivity contribution in [3.05, 3.63) is 93.4 Å². The molecule has 9 heteroatoms. The summed E-state index contributed by atoms with van der Waals surface area (Å²) in [5.74, 6) is 0.610. The van der Waals surface area contributed by atoms with Gasteiger partial charge in [0.2, 0.25) is 5.91 Å². The average molecular weight is 584 g/mol. The zero-order valence-electron chi connectivity index (χ0n) is 25.1. The minimum absolute atomic E-state index is 0.0109. The Morgan fingerprint density at radius 2 is 1.72 bits per heavy atom. The van der Waals surface area contributed by atoms with Crippen LogP contribution >= 0.6 is 0 Å². The Bertz CT molecular complexity index is 1630. The normalized spacial score (nSPS) is 15.2. The van der Waals surface area contributed by atoms with Crippen molar-refractivity contribution in [3.63, 3.8) is 0 Å². The van der Waals surface area contributed by atoms with Gasteiger partial charge in [0.1, 0.15) is 11.5 Å². The highest BCUT2D eigenvalue weighted by Gasteiger charge is 2.22. The zero-order chi connectivity index (χ0) is 30.7. The molecule has 1 amide bonds. The highest BCUT2D eigenvalue weighted by Crippen LogP contribution is 2.37. The van der Waals surface area contributed by atoms with Crippen LogP contribution in [0.2, 0.25) is 0 Å². The minimum atomic E-state index is -0.401. The molecular formula is C34H41N5O4. The van der Waals surface area contributed by atoms with Gasteiger partial charge in [-0.3, -0.25) is 9.69 Å². The SMILES string of the molecule is CC(C)c1cc(-c2n[nH]c(=O)n2-c2ccc(CC3CCN(Cc4cccc([C@H](C)CC(N)=O)c4)CC3)cc2)c(O)cc1O. The van der Waals surface area contributed by atoms with Gasteiger partial charge in [-0.25, -0.2) is 14.5 Å². The first kappa shape index (κ1) is 30.1. The van der Waals surface area contributed by atoms with E-state index < -0.39 is 5.69 Å². The molecule has 1 atom stereocenters. The number of carbonyl (C=O) groups excluding carboxylic acids is 1. The number of hydrogen-bond acceptors (Lipinski definition) is 6. The Morgan fingerprint density at radius 3 is 2.40 bits per heavy atom. The molecule has 0 saturated carbocycles. The molecule has 1 aromatic heterocycles. The summed E-state index contributed by atoms with van der Waals surface area (Å²) in [4.78, 5) is 26.6. The first-order chi connectivity index (χ1) is 20.6. The number of aromatic nitrogens is 3. The fraction of sp³-hybridized carbons (Fsp3) is 0.382. The predicted molar refractivity (Wildman–Crippen MR) is 167 cm³/mol. The standard InChI is InChI=1S/C34H41N5O4/c1-21(2)28-18-29(31(41)19-30(28)40)33-36-37-34(43)39(33)27-9-7-23(8-10-27)16-24-11-13-38(14-12-24)20-25-5-4-6-26(17-25)22(3)15-32(35)42/h4-10,17-19,21-22,24,40-41H,11-16,20H2,1-3H3,(H2,35,42)(H,37,43)/t22-/m1/s1. The third-order valence-electron chi connectivity index (χ3n) is 8.54. The first-order valence-corrected chi connectivity index (χ1v) is 15.0. The molecule has 4 aromatic rings. The van der Waals surface area contributed by atoms with Crippen molar-refractivity contribution >= 4 is 5.91 Å². The van der Waals surface area contributed by atoms with Crippen LogP contribution in [-0.2, 0) is 17.8 Å². The molecule has 0 aliphatic carbocycles. The molecule has 0 bridgehead atoms. The summed E-state index contributed by atoms with van der Waals surface area (Å²) >= 11 is 0. The summed E-state index contributed by atoms with van der Waals surface area (Å²) in [6.07, 6.45) is 3.56. The van der Waals surface area contributed by atoms with Crippen molar-refractivity contribution in [2.45, 2.75) is 64.8 Å². The van der Waals surface area contributed by atoms with Gasteiger partial charge in [0.25, 0.3) is 0 Å². The summed E-state index contributed by atoms with van der Waals surface area (Å²) < 4.78 is 1.45. The molecule has 43 heavy (non-hydrogen) atoms. The van der Waals surface area contributed by atoms with Gasteiger partial charge in [0.05, 0.1) is 11.3 Å². The lowest BCUT2D eigenvalue weighted by Gasteiger charge is -2.32. The van der Waals surface area contributed by atoms with E-state index in [0.29, 0.717) is 29.2 Å². The maximum absolute atomic E-state index is 12.8. The molecule has 0 unspecified atom stereocenters. The topological polar surface area (TPSA) is 137 Å². The van der Waals surface area contributed by atoms with Gasteiger partial charge in [0.15, 0.2) is 5.82 Å². The number of hydrogen-bond donors (Lipinski definition) is 4. The number of phenolic OH excluding ortho intramolecular Hbond substituents is 2. The Balaban J connectivity index is 1.22. The van der Waals surface area contributed by atoms with E-state index in [1.54, 1.807) is 6.07 Å². The monoisotopic (exact) mass is 583 g/mol. The van der Waals surface area contributed by atoms with Crippen LogP contribution in [-0.4, -0.2) is 48.9 Å². The lowest BCUT2D eigenvalue weighted by molar-refractivity contribution is -0.118. The number of nitrogens with one attached hydrogen (secondary N) is 1. The Morgan fingerprint density at radius 1 is 1.00 bits per heavy atom. The molecule has 0 spiro atoms. The van der Waals surface area contributed by atoms with E-state index in [1.807, 2.05) is 32.9 Å². The van der Waals surface area contributed by atoms with Crippen molar-refractivity contribution in [3.8, 4) is 28.6 Å². The van der Waals surface area contributed by atoms with Crippen LogP contribution in [0.15, 0.2) is 65.5 Å². The third-order valence-corrected chi connectivity index (χ3v) is 8.54. The van der Waals surface area contributed by atoms with Gasteiger partial charge in [-0.05, 0) is 90.6 Å². The second-order valence-corrected chi connectivity index (χ2v) is 12.2. The number of primary amides is 1. The van der Waals surface area contributed by atoms with Gasteiger partial charge < -0.3 is 15.9 Å². The van der Waals surface area contributed by atoms with Crippen LogP contribution in [0.3, 0.4) is 0 Å². The fourth-order valence-corrected chi connectivity index (χ4v) is 6.09. The summed E-state index contributed by atoms with van der Waals surface area (Å²) in [6, 6.07) is 19.4. The van der Waals surface area contributed by atoms with E-state index >= 15 is 0 Å². The van der Waals surface area contributed by atoms with E-state index in [0.717, 1.165) is 44.5 Å². The number of rotatable bonds is 10. The molecule has 1 aliphatic heterocycles. The Labute approximate surface area is 252 Å². The molecule has 1 fully saturated rings. The zero-order valence-corrected chi connectivity index (χ0v) is 25.1. The minimum Gasteiger partial charge on any atom is -0.508 e. The molecule has 226 valence electrons. The lowest BCUT2D eigenvalue weighted by Crippen LogP contribution is -2.33. The quantitative estimate of drug-likeness (QED) is 0.203. The number of aromatic hydroxyl groups is 2. The van der Waals surface area contributed by atoms with Gasteiger partial charge in [-0.15, -0.1) is 0 Å². The van der Waals surface area contributed by atoms with Crippen molar-refractivity contribution in [2.24, 2.45) is 11.7 Å². The number of likely N-dealkylation sites (tertiary alicyclic amines) is 1. The number of aromatic amines is 1. The lowest BCUT2D eigenvalue weighted by atomic mass is 9.89. The van der Waals surface area contributed by atoms with Gasteiger partial charge >= 0.3 is 5.69 Å². The molecular weight excluding hydrogens is 542 g/mol. The summed E-state index contributed by atoms with van der Waals surface area (Å²) in [6.45, 7) is 8.90. The Hall–Kier alpha value is -4.37. The first-order valence-electron chi connectivity index (χ1n) is 15.0. The van der Waals surface area contributed by atoms with Crippen molar-refractivity contribution in [1.82, 2.24) is 19.7 Å². The second kappa shape index (κ2) is 12.9. The van der Waals surface area contributed by atoms with Crippen molar-refractivity contribution < 1.29 is 15.0 Å². The number of piperidine rings is 1. The molecule has 5 rings (SSSR count). The molecule has 3 aromatic carbocycles. The van der Waals surface area contributed by atoms with Crippen LogP contribution in [0.25, 0.3) is 17.1 Å². The third kappa shape index (κ3) is 7.00. The molecule has 5 N–H and O–H groups in total. The van der Waals surface area contributed by atoms with Crippen LogP contribution in [0.5, 0.6) is 11.5 Å². The number of carbonyl (C=O) groups is 1. The van der Waals surface area contributed by atoms with Crippen LogP contribution in [0.4, 0.5) is 0 Å². The van der Waals surface area contributed by atoms with Crippen LogP contribution in [0, 0.1) is 5.92 Å². The van der Waals surface area contributed by atoms with E-state index in [1.165, 1.54) is 21.8 Å². The highest BCUT2D eigenvalue weighted by molar-refractivity contribution is 5.74. The van der Waals surface area contributed by atoms with E-state index in [2.05, 4.69) is 51.5 Å². The smallest absolute Gasteiger partial charge is 0.348 e. The largest absolute Gasteiger partial charge is 0.508 e. The van der Waals surface area contributed by atoms with Gasteiger partial charge in [-0.1, -0.05) is 57.2 Å².